The van der Waals surface area contributed by atoms with E-state index in [-0.39, 0.29) is 0 Å². The fraction of sp³-hybridized carbons (Fsp3) is 0. The van der Waals surface area contributed by atoms with Crippen LogP contribution in [0.25, 0.3) is 116 Å². The number of para-hydroxylation sites is 1. The Balaban J connectivity index is 1.14. The molecule has 4 nitrogen and oxygen atoms in total. The molecule has 4 heteroatoms. The number of hydrogen-bond acceptors (Lipinski definition) is 3. The van der Waals surface area contributed by atoms with Crippen LogP contribution in [-0.4, -0.2) is 14.5 Å². The van der Waals surface area contributed by atoms with Gasteiger partial charge in [-0.2, -0.15) is 5.26 Å². The minimum atomic E-state index is 0.654. The van der Waals surface area contributed by atoms with Crippen molar-refractivity contribution in [2.45, 2.75) is 0 Å². The van der Waals surface area contributed by atoms with Crippen molar-refractivity contribution < 1.29 is 0 Å². The summed E-state index contributed by atoms with van der Waals surface area (Å²) >= 11 is 0. The predicted octanol–water partition coefficient (Wildman–Crippen LogP) is 14.2. The molecular formula is C55H32N4. The molecule has 0 fully saturated rings. The number of hydrogen-bond donors (Lipinski definition) is 0. The topological polar surface area (TPSA) is 54.5 Å². The van der Waals surface area contributed by atoms with Crippen molar-refractivity contribution in [1.82, 2.24) is 14.5 Å². The van der Waals surface area contributed by atoms with Gasteiger partial charge in [0.25, 0.3) is 0 Å². The highest BCUT2D eigenvalue weighted by atomic mass is 15.0. The first-order valence-electron chi connectivity index (χ1n) is 19.9. The molecule has 12 rings (SSSR count). The first-order chi connectivity index (χ1) is 29.2. The summed E-state index contributed by atoms with van der Waals surface area (Å²) in [6.45, 7) is 0. The van der Waals surface area contributed by atoms with E-state index in [9.17, 15) is 5.26 Å². The number of benzene rings is 10. The van der Waals surface area contributed by atoms with Crippen LogP contribution in [0.3, 0.4) is 0 Å². The van der Waals surface area contributed by atoms with Gasteiger partial charge in [0, 0.05) is 33.2 Å². The van der Waals surface area contributed by atoms with E-state index in [1.807, 2.05) is 30.3 Å². The van der Waals surface area contributed by atoms with E-state index in [2.05, 4.69) is 174 Å². The molecule has 0 atom stereocenters. The van der Waals surface area contributed by atoms with Crippen molar-refractivity contribution in [2.24, 2.45) is 0 Å². The van der Waals surface area contributed by atoms with Gasteiger partial charge in [0.15, 0.2) is 5.82 Å². The van der Waals surface area contributed by atoms with Crippen molar-refractivity contribution in [1.29, 1.82) is 5.26 Å². The van der Waals surface area contributed by atoms with E-state index in [1.54, 1.807) is 0 Å². The summed E-state index contributed by atoms with van der Waals surface area (Å²) in [5.74, 6) is 0.695. The lowest BCUT2D eigenvalue weighted by molar-refractivity contribution is 1.18. The van der Waals surface area contributed by atoms with Gasteiger partial charge in [-0.15, -0.1) is 0 Å². The molecule has 2 aromatic heterocycles. The summed E-state index contributed by atoms with van der Waals surface area (Å²) in [5.41, 5.74) is 11.0. The Morgan fingerprint density at radius 1 is 0.390 bits per heavy atom. The van der Waals surface area contributed by atoms with Crippen LogP contribution in [0.1, 0.15) is 5.56 Å². The molecule has 0 spiro atoms. The number of fused-ring (bicyclic) bond motifs is 5. The van der Waals surface area contributed by atoms with Gasteiger partial charge < -0.3 is 4.57 Å². The van der Waals surface area contributed by atoms with Crippen LogP contribution in [0.5, 0.6) is 0 Å². The molecule has 12 aromatic rings. The molecule has 0 aliphatic rings. The third-order valence-corrected chi connectivity index (χ3v) is 11.9. The Morgan fingerprint density at radius 2 is 0.881 bits per heavy atom. The van der Waals surface area contributed by atoms with Crippen LogP contribution in [0.4, 0.5) is 0 Å². The van der Waals surface area contributed by atoms with Gasteiger partial charge in [-0.05, 0) is 109 Å². The Morgan fingerprint density at radius 3 is 1.47 bits per heavy atom. The van der Waals surface area contributed by atoms with Crippen molar-refractivity contribution in [3.05, 3.63) is 200 Å². The quantitative estimate of drug-likeness (QED) is 0.165. The van der Waals surface area contributed by atoms with Crippen molar-refractivity contribution in [3.8, 4) is 56.8 Å². The summed E-state index contributed by atoms with van der Waals surface area (Å²) in [6.07, 6.45) is 0. The van der Waals surface area contributed by atoms with Crippen molar-refractivity contribution in [2.75, 3.05) is 0 Å². The van der Waals surface area contributed by atoms with E-state index in [0.29, 0.717) is 11.4 Å². The van der Waals surface area contributed by atoms with Crippen LogP contribution in [0, 0.1) is 11.3 Å². The van der Waals surface area contributed by atoms with Gasteiger partial charge in [-0.3, -0.25) is 0 Å². The Hall–Kier alpha value is -8.13. The molecule has 0 radical (unpaired) electrons. The highest BCUT2D eigenvalue weighted by Gasteiger charge is 2.22. The monoisotopic (exact) mass is 748 g/mol. The van der Waals surface area contributed by atoms with Crippen molar-refractivity contribution in [3.63, 3.8) is 0 Å². The first kappa shape index (κ1) is 33.1. The maximum absolute atomic E-state index is 10.0. The van der Waals surface area contributed by atoms with Gasteiger partial charge in [-0.25, -0.2) is 9.97 Å². The predicted molar refractivity (Wildman–Crippen MR) is 244 cm³/mol. The van der Waals surface area contributed by atoms with Gasteiger partial charge >= 0.3 is 0 Å². The molecule has 0 bridgehead atoms. The zero-order chi connectivity index (χ0) is 39.0. The average Bonchev–Trinajstić information content (AvgIpc) is 3.65. The molecule has 0 aliphatic heterocycles. The van der Waals surface area contributed by atoms with Crippen LogP contribution in [0.2, 0.25) is 0 Å². The number of nitriles is 1. The highest BCUT2D eigenvalue weighted by Crippen LogP contribution is 2.45. The van der Waals surface area contributed by atoms with Crippen molar-refractivity contribution >= 4 is 64.9 Å². The molecule has 0 saturated heterocycles. The van der Waals surface area contributed by atoms with Crippen LogP contribution in [-0.2, 0) is 0 Å². The summed E-state index contributed by atoms with van der Waals surface area (Å²) < 4.78 is 2.33. The Labute approximate surface area is 339 Å². The standard InChI is InChI=1S/C55H32N4/c56-33-34-26-37-24-25-38-28-39(29-52-54(38)53(37)51(27-34)59(52)40-18-8-3-9-19-40)45-30-46-43-22-12-13-23-44(43)48(31-47(46)42-21-11-10-20-41(42)45)55-57-49(35-14-4-1-5-15-35)32-50(58-55)36-16-6-2-7-17-36/h1-32H. The van der Waals surface area contributed by atoms with Gasteiger partial charge in [0.05, 0.1) is 34.1 Å². The second-order valence-electron chi connectivity index (χ2n) is 15.3. The van der Waals surface area contributed by atoms with Gasteiger partial charge in [0.1, 0.15) is 0 Å². The normalized spacial score (nSPS) is 11.7. The lowest BCUT2D eigenvalue weighted by Crippen LogP contribution is -1.97. The van der Waals surface area contributed by atoms with E-state index in [0.717, 1.165) is 71.9 Å². The first-order valence-corrected chi connectivity index (χ1v) is 19.9. The average molecular weight is 749 g/mol. The smallest absolute Gasteiger partial charge is 0.161 e. The zero-order valence-corrected chi connectivity index (χ0v) is 31.8. The molecule has 2 heterocycles. The van der Waals surface area contributed by atoms with Crippen LogP contribution < -0.4 is 0 Å². The fourth-order valence-electron chi connectivity index (χ4n) is 9.30. The molecule has 0 amide bonds. The summed E-state index contributed by atoms with van der Waals surface area (Å²) in [6, 6.07) is 70.9. The van der Waals surface area contributed by atoms with Gasteiger partial charge in [-0.1, -0.05) is 140 Å². The zero-order valence-electron chi connectivity index (χ0n) is 31.8. The van der Waals surface area contributed by atoms with Crippen LogP contribution in [0.15, 0.2) is 194 Å². The summed E-state index contributed by atoms with van der Waals surface area (Å²) in [5, 5.41) is 21.6. The third kappa shape index (κ3) is 5.16. The number of rotatable bonds is 5. The second-order valence-corrected chi connectivity index (χ2v) is 15.3. The molecule has 0 aliphatic carbocycles. The summed E-state index contributed by atoms with van der Waals surface area (Å²) in [4.78, 5) is 10.6. The third-order valence-electron chi connectivity index (χ3n) is 11.9. The minimum Gasteiger partial charge on any atom is -0.309 e. The molecule has 59 heavy (non-hydrogen) atoms. The van der Waals surface area contributed by atoms with E-state index in [1.165, 1.54) is 37.9 Å². The highest BCUT2D eigenvalue weighted by molar-refractivity contribution is 6.27. The molecular weight excluding hydrogens is 717 g/mol. The Kier molecular flexibility index (Phi) is 7.26. The number of nitrogens with zero attached hydrogens (tertiary/aromatic N) is 4. The lowest BCUT2D eigenvalue weighted by Gasteiger charge is -2.17. The Bertz CT molecular complexity index is 3600. The molecule has 0 N–H and O–H groups in total. The largest absolute Gasteiger partial charge is 0.309 e. The second kappa shape index (κ2) is 13.0. The molecule has 10 aromatic carbocycles. The molecule has 272 valence electrons. The number of aromatic nitrogens is 3. The molecule has 0 saturated carbocycles. The minimum absolute atomic E-state index is 0.654. The van der Waals surface area contributed by atoms with Gasteiger partial charge in [0.2, 0.25) is 0 Å². The lowest BCUT2D eigenvalue weighted by atomic mass is 9.88. The van der Waals surface area contributed by atoms with E-state index in [4.69, 9.17) is 9.97 Å². The molecule has 0 unspecified atom stereocenters. The fourth-order valence-corrected chi connectivity index (χ4v) is 9.30. The van der Waals surface area contributed by atoms with E-state index < -0.39 is 0 Å². The van der Waals surface area contributed by atoms with Crippen LogP contribution >= 0.6 is 0 Å². The maximum Gasteiger partial charge on any atom is 0.161 e. The summed E-state index contributed by atoms with van der Waals surface area (Å²) in [7, 11) is 0. The maximum atomic E-state index is 10.0. The SMILES string of the molecule is N#Cc1cc2ccc3cc(-c4cc5c6ccccc6c(-c6nc(-c7ccccc7)cc(-c7ccccc7)n6)cc5c5ccccc45)cc4c3c2c(c1)n4-c1ccccc1. The van der Waals surface area contributed by atoms with E-state index >= 15 is 0 Å².